The second-order valence-corrected chi connectivity index (χ2v) is 7.06. The van der Waals surface area contributed by atoms with Gasteiger partial charge in [0.05, 0.1) is 6.54 Å². The quantitative estimate of drug-likeness (QED) is 0.743. The predicted molar refractivity (Wildman–Crippen MR) is 85.3 cm³/mol. The second-order valence-electron chi connectivity index (χ2n) is 5.12. The van der Waals surface area contributed by atoms with E-state index in [1.54, 1.807) is 19.2 Å². The van der Waals surface area contributed by atoms with Crippen molar-refractivity contribution in [1.82, 2.24) is 14.2 Å². The lowest BCUT2D eigenvalue weighted by Crippen LogP contribution is -2.31. The Morgan fingerprint density at radius 3 is 2.57 bits per heavy atom. The van der Waals surface area contributed by atoms with E-state index in [1.807, 2.05) is 11.5 Å². The van der Waals surface area contributed by atoms with Gasteiger partial charge in [0.25, 0.3) is 0 Å². The number of aryl methyl sites for hydroxylation is 1. The third kappa shape index (κ3) is 4.34. The minimum Gasteiger partial charge on any atom is -0.349 e. The highest BCUT2D eigenvalue weighted by Crippen LogP contribution is 2.19. The van der Waals surface area contributed by atoms with Crippen molar-refractivity contribution in [3.63, 3.8) is 0 Å². The number of aromatic nitrogens is 1. The normalized spacial score (nSPS) is 12.0. The Hall–Kier alpha value is -1.29. The second kappa shape index (κ2) is 7.64. The molecular weight excluding hydrogens is 286 g/mol. The summed E-state index contributed by atoms with van der Waals surface area (Å²) in [5.74, 6) is 2.40. The summed E-state index contributed by atoms with van der Waals surface area (Å²) in [6.45, 7) is 9.72. The average Bonchev–Trinajstić information content (AvgIpc) is 2.86. The molecule has 0 atom stereocenters. The molecule has 0 saturated heterocycles. The van der Waals surface area contributed by atoms with Gasteiger partial charge in [0.15, 0.2) is 0 Å². The van der Waals surface area contributed by atoms with Crippen LogP contribution >= 0.6 is 0 Å². The van der Waals surface area contributed by atoms with Crippen LogP contribution < -0.4 is 5.32 Å². The Labute approximate surface area is 128 Å². The fourth-order valence-corrected chi connectivity index (χ4v) is 3.46. The maximum Gasteiger partial charge on any atom is 0.245 e. The van der Waals surface area contributed by atoms with Crippen molar-refractivity contribution in [2.45, 2.75) is 51.7 Å². The van der Waals surface area contributed by atoms with Gasteiger partial charge in [-0.1, -0.05) is 26.7 Å². The lowest BCUT2D eigenvalue weighted by atomic mass is 10.3. The highest BCUT2D eigenvalue weighted by molar-refractivity contribution is 7.89. The topological polar surface area (TPSA) is 54.3 Å². The Morgan fingerprint density at radius 2 is 2.10 bits per heavy atom. The first-order chi connectivity index (χ1) is 9.86. The van der Waals surface area contributed by atoms with Gasteiger partial charge in [0.1, 0.15) is 4.90 Å². The molecule has 0 amide bonds. The van der Waals surface area contributed by atoms with Crippen LogP contribution in [0.5, 0.6) is 0 Å². The summed E-state index contributed by atoms with van der Waals surface area (Å²) in [6, 6.07) is 2.08. The maximum atomic E-state index is 12.6. The van der Waals surface area contributed by atoms with E-state index in [9.17, 15) is 8.42 Å². The number of terminal acetylenes is 1. The molecule has 0 bridgehead atoms. The molecule has 0 spiro atoms. The molecule has 0 aromatic carbocycles. The first-order valence-corrected chi connectivity index (χ1v) is 8.66. The van der Waals surface area contributed by atoms with Gasteiger partial charge in [-0.25, -0.2) is 8.42 Å². The zero-order valence-electron chi connectivity index (χ0n) is 13.3. The van der Waals surface area contributed by atoms with Crippen molar-refractivity contribution in [2.75, 3.05) is 13.1 Å². The molecule has 118 valence electrons. The molecule has 1 heterocycles. The summed E-state index contributed by atoms with van der Waals surface area (Å²) >= 11 is 0. The minimum absolute atomic E-state index is 0.0930. The lowest BCUT2D eigenvalue weighted by Gasteiger charge is -2.16. The monoisotopic (exact) mass is 311 g/mol. The smallest absolute Gasteiger partial charge is 0.245 e. The average molecular weight is 311 g/mol. The summed E-state index contributed by atoms with van der Waals surface area (Å²) in [6.07, 6.45) is 6.94. The molecule has 0 saturated carbocycles. The summed E-state index contributed by atoms with van der Waals surface area (Å²) < 4.78 is 28.4. The minimum atomic E-state index is -3.52. The van der Waals surface area contributed by atoms with Gasteiger partial charge in [-0.3, -0.25) is 0 Å². The third-order valence-corrected chi connectivity index (χ3v) is 5.14. The number of hydrogen-bond acceptors (Lipinski definition) is 3. The molecule has 5 nitrogen and oxygen atoms in total. The van der Waals surface area contributed by atoms with Gasteiger partial charge in [0, 0.05) is 37.6 Å². The van der Waals surface area contributed by atoms with E-state index in [0.717, 1.165) is 12.2 Å². The summed E-state index contributed by atoms with van der Waals surface area (Å²) in [4.78, 5) is 0.307. The van der Waals surface area contributed by atoms with Crippen LogP contribution in [0.2, 0.25) is 0 Å². The molecule has 1 aromatic heterocycles. The standard InChI is InChI=1S/C15H25N3O2S/c1-6-9-18(8-3)21(19,20)15-10-14(11-16-13(4)5)17(7-2)12-15/h1,10,12-13,16H,7-9,11H2,2-5H3. The molecule has 1 N–H and O–H groups in total. The van der Waals surface area contributed by atoms with Gasteiger partial charge in [-0.05, 0) is 13.0 Å². The van der Waals surface area contributed by atoms with Crippen LogP contribution in [0.1, 0.15) is 33.4 Å². The Morgan fingerprint density at radius 1 is 1.43 bits per heavy atom. The van der Waals surface area contributed by atoms with Crippen molar-refractivity contribution in [1.29, 1.82) is 0 Å². The van der Waals surface area contributed by atoms with E-state index < -0.39 is 10.0 Å². The van der Waals surface area contributed by atoms with Crippen LogP contribution in [0, 0.1) is 12.3 Å². The van der Waals surface area contributed by atoms with E-state index in [4.69, 9.17) is 6.42 Å². The van der Waals surface area contributed by atoms with Gasteiger partial charge in [-0.15, -0.1) is 6.42 Å². The molecule has 0 fully saturated rings. The fraction of sp³-hybridized carbons (Fsp3) is 0.600. The number of nitrogens with zero attached hydrogens (tertiary/aromatic N) is 2. The zero-order valence-corrected chi connectivity index (χ0v) is 14.1. The van der Waals surface area contributed by atoms with E-state index in [-0.39, 0.29) is 6.54 Å². The highest BCUT2D eigenvalue weighted by atomic mass is 32.2. The molecule has 6 heteroatoms. The van der Waals surface area contributed by atoms with Gasteiger partial charge in [-0.2, -0.15) is 4.31 Å². The molecule has 0 unspecified atom stereocenters. The van der Waals surface area contributed by atoms with E-state index in [1.165, 1.54) is 4.31 Å². The lowest BCUT2D eigenvalue weighted by molar-refractivity contribution is 0.464. The Kier molecular flexibility index (Phi) is 6.46. The van der Waals surface area contributed by atoms with Gasteiger partial charge in [0.2, 0.25) is 10.0 Å². The summed E-state index contributed by atoms with van der Waals surface area (Å²) in [5.41, 5.74) is 0.960. The number of nitrogens with one attached hydrogen (secondary N) is 1. The molecule has 0 radical (unpaired) electrons. The Bertz CT molecular complexity index is 597. The SMILES string of the molecule is C#CCN(CC)S(=O)(=O)c1cc(CNC(C)C)n(CC)c1. The summed E-state index contributed by atoms with van der Waals surface area (Å²) in [7, 11) is -3.52. The molecule has 0 aliphatic heterocycles. The first kappa shape index (κ1) is 17.8. The van der Waals surface area contributed by atoms with Crippen LogP contribution in [0.15, 0.2) is 17.2 Å². The van der Waals surface area contributed by atoms with Crippen molar-refractivity contribution in [2.24, 2.45) is 0 Å². The van der Waals surface area contributed by atoms with Crippen molar-refractivity contribution in [3.8, 4) is 12.3 Å². The number of hydrogen-bond donors (Lipinski definition) is 1. The van der Waals surface area contributed by atoms with E-state index in [2.05, 4.69) is 25.1 Å². The van der Waals surface area contributed by atoms with Crippen LogP contribution in [0.3, 0.4) is 0 Å². The van der Waals surface area contributed by atoms with Crippen LogP contribution in [-0.2, 0) is 23.1 Å². The largest absolute Gasteiger partial charge is 0.349 e. The highest BCUT2D eigenvalue weighted by Gasteiger charge is 2.24. The zero-order chi connectivity index (χ0) is 16.0. The number of sulfonamides is 1. The molecule has 1 aromatic rings. The summed E-state index contributed by atoms with van der Waals surface area (Å²) in [5, 5.41) is 3.31. The number of rotatable bonds is 8. The predicted octanol–water partition coefficient (Wildman–Crippen LogP) is 1.65. The third-order valence-electron chi connectivity index (χ3n) is 3.25. The van der Waals surface area contributed by atoms with Crippen molar-refractivity contribution >= 4 is 10.0 Å². The van der Waals surface area contributed by atoms with Crippen molar-refractivity contribution < 1.29 is 8.42 Å². The molecular formula is C15H25N3O2S. The van der Waals surface area contributed by atoms with Gasteiger partial charge < -0.3 is 9.88 Å². The van der Waals surface area contributed by atoms with Crippen molar-refractivity contribution in [3.05, 3.63) is 18.0 Å². The van der Waals surface area contributed by atoms with E-state index >= 15 is 0 Å². The molecule has 0 aliphatic rings. The van der Waals surface area contributed by atoms with Crippen LogP contribution in [-0.4, -0.2) is 36.4 Å². The molecule has 21 heavy (non-hydrogen) atoms. The fourth-order valence-electron chi connectivity index (χ4n) is 2.04. The molecule has 0 aliphatic carbocycles. The maximum absolute atomic E-state index is 12.6. The molecule has 1 rings (SSSR count). The Balaban J connectivity index is 3.10. The van der Waals surface area contributed by atoms with Gasteiger partial charge >= 0.3 is 0 Å². The van der Waals surface area contributed by atoms with E-state index in [0.29, 0.717) is 24.0 Å². The van der Waals surface area contributed by atoms with Crippen LogP contribution in [0.4, 0.5) is 0 Å². The van der Waals surface area contributed by atoms with Crippen LogP contribution in [0.25, 0.3) is 0 Å². The first-order valence-electron chi connectivity index (χ1n) is 7.22.